The summed E-state index contributed by atoms with van der Waals surface area (Å²) in [4.78, 5) is 5.25. The van der Waals surface area contributed by atoms with Gasteiger partial charge in [-0.25, -0.2) is 4.39 Å². The summed E-state index contributed by atoms with van der Waals surface area (Å²) in [5, 5.41) is 0. The largest absolute Gasteiger partial charge is 0.494 e. The van der Waals surface area contributed by atoms with Crippen molar-refractivity contribution in [3.05, 3.63) is 30.1 Å². The zero-order valence-corrected chi connectivity index (χ0v) is 12.6. The van der Waals surface area contributed by atoms with Gasteiger partial charge in [0.15, 0.2) is 0 Å². The molecule has 116 valence electrons. The Morgan fingerprint density at radius 3 is 2.76 bits per heavy atom. The third kappa shape index (κ3) is 4.17. The van der Waals surface area contributed by atoms with Gasteiger partial charge in [-0.05, 0) is 69.6 Å². The minimum absolute atomic E-state index is 0.215. The van der Waals surface area contributed by atoms with Gasteiger partial charge in [-0.2, -0.15) is 0 Å². The van der Waals surface area contributed by atoms with Gasteiger partial charge in [0.05, 0.1) is 6.61 Å². The quantitative estimate of drug-likeness (QED) is 0.776. The summed E-state index contributed by atoms with van der Waals surface area (Å²) in [6, 6.07) is 7.05. The van der Waals surface area contributed by atoms with Crippen molar-refractivity contribution in [2.45, 2.75) is 31.7 Å². The van der Waals surface area contributed by atoms with Crippen LogP contribution in [0.3, 0.4) is 0 Å². The number of hydrogen-bond donors (Lipinski definition) is 0. The lowest BCUT2D eigenvalue weighted by Crippen LogP contribution is -2.37. The van der Waals surface area contributed by atoms with Crippen LogP contribution < -0.4 is 4.74 Å². The molecule has 0 aromatic heterocycles. The first kappa shape index (κ1) is 14.8. The Kier molecular flexibility index (Phi) is 5.09. The number of rotatable bonds is 5. The second kappa shape index (κ2) is 7.23. The highest BCUT2D eigenvalue weighted by atomic mass is 19.1. The van der Waals surface area contributed by atoms with Crippen LogP contribution in [-0.2, 0) is 0 Å². The molecule has 0 saturated carbocycles. The smallest absolute Gasteiger partial charge is 0.123 e. The molecule has 2 fully saturated rings. The van der Waals surface area contributed by atoms with E-state index in [4.69, 9.17) is 4.74 Å². The van der Waals surface area contributed by atoms with Crippen molar-refractivity contribution in [1.29, 1.82) is 0 Å². The molecular weight excluding hydrogens is 267 g/mol. The van der Waals surface area contributed by atoms with Gasteiger partial charge in [0, 0.05) is 19.1 Å². The van der Waals surface area contributed by atoms with Crippen LogP contribution in [0.25, 0.3) is 0 Å². The number of hydrogen-bond acceptors (Lipinski definition) is 3. The molecule has 0 aliphatic carbocycles. The standard InChI is InChI=1S/C17H25FN2O/c18-15-5-7-17(8-6-15)21-13-3-10-19-9-2-12-20-11-1-4-16(20)14-19/h5-8,16H,1-4,9-14H2. The molecule has 1 atom stereocenters. The van der Waals surface area contributed by atoms with Gasteiger partial charge < -0.3 is 9.64 Å². The van der Waals surface area contributed by atoms with Gasteiger partial charge in [-0.15, -0.1) is 0 Å². The third-order valence-corrected chi connectivity index (χ3v) is 4.59. The molecule has 4 heteroatoms. The van der Waals surface area contributed by atoms with Crippen LogP contribution in [0.2, 0.25) is 0 Å². The van der Waals surface area contributed by atoms with Crippen LogP contribution in [0.15, 0.2) is 24.3 Å². The number of halogens is 1. The summed E-state index contributed by atoms with van der Waals surface area (Å²) in [5.41, 5.74) is 0. The second-order valence-electron chi connectivity index (χ2n) is 6.14. The molecule has 2 heterocycles. The molecular formula is C17H25FN2O. The van der Waals surface area contributed by atoms with Crippen LogP contribution >= 0.6 is 0 Å². The molecule has 1 aromatic rings. The van der Waals surface area contributed by atoms with E-state index in [1.165, 1.54) is 57.6 Å². The first-order valence-corrected chi connectivity index (χ1v) is 8.16. The molecule has 21 heavy (non-hydrogen) atoms. The average molecular weight is 292 g/mol. The van der Waals surface area contributed by atoms with Crippen molar-refractivity contribution in [3.63, 3.8) is 0 Å². The maximum absolute atomic E-state index is 12.8. The molecule has 0 amide bonds. The summed E-state index contributed by atoms with van der Waals surface area (Å²) in [7, 11) is 0. The summed E-state index contributed by atoms with van der Waals surface area (Å²) in [5.74, 6) is 0.544. The van der Waals surface area contributed by atoms with Crippen molar-refractivity contribution < 1.29 is 9.13 Å². The van der Waals surface area contributed by atoms with Gasteiger partial charge in [-0.3, -0.25) is 4.90 Å². The van der Waals surface area contributed by atoms with Gasteiger partial charge in [-0.1, -0.05) is 0 Å². The van der Waals surface area contributed by atoms with E-state index in [1.807, 2.05) is 0 Å². The lowest BCUT2D eigenvalue weighted by molar-refractivity contribution is 0.205. The van der Waals surface area contributed by atoms with Crippen molar-refractivity contribution in [2.75, 3.05) is 39.3 Å². The Hall–Kier alpha value is -1.13. The van der Waals surface area contributed by atoms with Crippen LogP contribution in [0.1, 0.15) is 25.7 Å². The molecule has 2 aliphatic rings. The minimum Gasteiger partial charge on any atom is -0.494 e. The van der Waals surface area contributed by atoms with Crippen molar-refractivity contribution >= 4 is 0 Å². The molecule has 1 unspecified atom stereocenters. The SMILES string of the molecule is Fc1ccc(OCCCN2CCCN3CCCC3C2)cc1. The van der Waals surface area contributed by atoms with Crippen LogP contribution in [0.4, 0.5) is 4.39 Å². The Morgan fingerprint density at radius 2 is 1.90 bits per heavy atom. The highest BCUT2D eigenvalue weighted by Gasteiger charge is 2.28. The van der Waals surface area contributed by atoms with E-state index in [0.717, 1.165) is 24.8 Å². The lowest BCUT2D eigenvalue weighted by atomic mass is 10.2. The number of fused-ring (bicyclic) bond motifs is 1. The minimum atomic E-state index is -0.215. The Morgan fingerprint density at radius 1 is 1.10 bits per heavy atom. The normalized spacial score (nSPS) is 23.8. The molecule has 0 bridgehead atoms. The number of nitrogens with zero attached hydrogens (tertiary/aromatic N) is 2. The zero-order valence-electron chi connectivity index (χ0n) is 12.6. The number of benzene rings is 1. The van der Waals surface area contributed by atoms with E-state index in [-0.39, 0.29) is 5.82 Å². The molecule has 2 aliphatic heterocycles. The average Bonchev–Trinajstić information content (AvgIpc) is 2.84. The summed E-state index contributed by atoms with van der Waals surface area (Å²) in [6.07, 6.45) is 5.05. The fourth-order valence-corrected chi connectivity index (χ4v) is 3.50. The Labute approximate surface area is 126 Å². The fourth-order valence-electron chi connectivity index (χ4n) is 3.50. The maximum atomic E-state index is 12.8. The molecule has 0 spiro atoms. The van der Waals surface area contributed by atoms with Gasteiger partial charge in [0.1, 0.15) is 11.6 Å². The van der Waals surface area contributed by atoms with Crippen LogP contribution in [-0.4, -0.2) is 55.2 Å². The van der Waals surface area contributed by atoms with Crippen LogP contribution in [0.5, 0.6) is 5.75 Å². The third-order valence-electron chi connectivity index (χ3n) is 4.59. The van der Waals surface area contributed by atoms with E-state index in [1.54, 1.807) is 12.1 Å². The predicted octanol–water partition coefficient (Wildman–Crippen LogP) is 2.76. The van der Waals surface area contributed by atoms with Gasteiger partial charge >= 0.3 is 0 Å². The topological polar surface area (TPSA) is 15.7 Å². The van der Waals surface area contributed by atoms with Gasteiger partial charge in [0.25, 0.3) is 0 Å². The van der Waals surface area contributed by atoms with E-state index in [0.29, 0.717) is 6.61 Å². The monoisotopic (exact) mass is 292 g/mol. The molecule has 3 rings (SSSR count). The molecule has 1 aromatic carbocycles. The van der Waals surface area contributed by atoms with E-state index < -0.39 is 0 Å². The lowest BCUT2D eigenvalue weighted by Gasteiger charge is -2.25. The molecule has 2 saturated heterocycles. The summed E-state index contributed by atoms with van der Waals surface area (Å²) < 4.78 is 18.5. The fraction of sp³-hybridized carbons (Fsp3) is 0.647. The molecule has 0 N–H and O–H groups in total. The van der Waals surface area contributed by atoms with Crippen molar-refractivity contribution in [3.8, 4) is 5.75 Å². The number of ether oxygens (including phenoxy) is 1. The summed E-state index contributed by atoms with van der Waals surface area (Å²) in [6.45, 7) is 6.81. The Bertz CT molecular complexity index is 437. The second-order valence-corrected chi connectivity index (χ2v) is 6.14. The first-order chi connectivity index (χ1) is 10.3. The maximum Gasteiger partial charge on any atom is 0.123 e. The van der Waals surface area contributed by atoms with E-state index >= 15 is 0 Å². The predicted molar refractivity (Wildman–Crippen MR) is 82.2 cm³/mol. The van der Waals surface area contributed by atoms with Crippen molar-refractivity contribution in [2.24, 2.45) is 0 Å². The Balaban J connectivity index is 1.37. The van der Waals surface area contributed by atoms with Crippen molar-refractivity contribution in [1.82, 2.24) is 9.80 Å². The van der Waals surface area contributed by atoms with E-state index in [9.17, 15) is 4.39 Å². The van der Waals surface area contributed by atoms with E-state index in [2.05, 4.69) is 9.80 Å². The molecule has 3 nitrogen and oxygen atoms in total. The zero-order chi connectivity index (χ0) is 14.5. The first-order valence-electron chi connectivity index (χ1n) is 8.16. The highest BCUT2D eigenvalue weighted by molar-refractivity contribution is 5.21. The molecule has 0 radical (unpaired) electrons. The summed E-state index contributed by atoms with van der Waals surface area (Å²) >= 11 is 0. The van der Waals surface area contributed by atoms with Gasteiger partial charge in [0.2, 0.25) is 0 Å². The highest BCUT2D eigenvalue weighted by Crippen LogP contribution is 2.21. The van der Waals surface area contributed by atoms with Crippen LogP contribution in [0, 0.1) is 5.82 Å².